The fourth-order valence-electron chi connectivity index (χ4n) is 3.94. The lowest BCUT2D eigenvalue weighted by molar-refractivity contribution is -0.136. The molecule has 162 valence electrons. The summed E-state index contributed by atoms with van der Waals surface area (Å²) in [5.41, 5.74) is 1.55. The summed E-state index contributed by atoms with van der Waals surface area (Å²) < 4.78 is 5.04. The third-order valence-corrected chi connectivity index (χ3v) is 5.85. The Kier molecular flexibility index (Phi) is 6.39. The Hall–Kier alpha value is -3.10. The summed E-state index contributed by atoms with van der Waals surface area (Å²) in [6, 6.07) is 12.0. The molecule has 0 unspecified atom stereocenters. The molecule has 2 aromatic rings. The van der Waals surface area contributed by atoms with Crippen molar-refractivity contribution in [2.45, 2.75) is 6.04 Å². The molecule has 2 aliphatic heterocycles. The lowest BCUT2D eigenvalue weighted by atomic mass is 9.95. The summed E-state index contributed by atoms with van der Waals surface area (Å²) in [6.07, 6.45) is 1.79. The quantitative estimate of drug-likeness (QED) is 0.692. The summed E-state index contributed by atoms with van der Waals surface area (Å²) in [5.74, 6) is 0.449. The van der Waals surface area contributed by atoms with Gasteiger partial charge in [0.25, 0.3) is 0 Å². The minimum absolute atomic E-state index is 0.363. The minimum Gasteiger partial charge on any atom is -0.466 e. The van der Waals surface area contributed by atoms with Gasteiger partial charge in [-0.05, 0) is 23.8 Å². The van der Waals surface area contributed by atoms with Gasteiger partial charge in [-0.3, -0.25) is 4.90 Å². The number of benzene rings is 1. The molecular weight excluding hydrogens is 418 g/mol. The lowest BCUT2D eigenvalue weighted by Gasteiger charge is -2.37. The fraction of sp³-hybridized carbons (Fsp3) is 0.318. The van der Waals surface area contributed by atoms with Crippen LogP contribution in [0.3, 0.4) is 0 Å². The van der Waals surface area contributed by atoms with Crippen LogP contribution in [0.15, 0.2) is 59.9 Å². The van der Waals surface area contributed by atoms with Crippen molar-refractivity contribution < 1.29 is 14.3 Å². The van der Waals surface area contributed by atoms with Crippen molar-refractivity contribution in [1.82, 2.24) is 20.5 Å². The van der Waals surface area contributed by atoms with E-state index in [2.05, 4.69) is 25.4 Å². The number of halogens is 1. The minimum atomic E-state index is -0.681. The smallest absolute Gasteiger partial charge is 0.338 e. The third kappa shape index (κ3) is 4.65. The van der Waals surface area contributed by atoms with Crippen LogP contribution in [0.1, 0.15) is 11.6 Å². The second-order valence-electron chi connectivity index (χ2n) is 7.39. The Morgan fingerprint density at radius 3 is 2.58 bits per heavy atom. The summed E-state index contributed by atoms with van der Waals surface area (Å²) in [6.45, 7) is 3.58. The first-order valence-corrected chi connectivity index (χ1v) is 10.5. The van der Waals surface area contributed by atoms with Gasteiger partial charge in [-0.25, -0.2) is 14.6 Å². The topological polar surface area (TPSA) is 86.8 Å². The van der Waals surface area contributed by atoms with E-state index in [-0.39, 0.29) is 6.03 Å². The monoisotopic (exact) mass is 441 g/mol. The van der Waals surface area contributed by atoms with Gasteiger partial charge in [-0.2, -0.15) is 0 Å². The van der Waals surface area contributed by atoms with Crippen LogP contribution in [0.25, 0.3) is 0 Å². The number of anilines is 1. The van der Waals surface area contributed by atoms with Crippen LogP contribution in [0.5, 0.6) is 0 Å². The number of rotatable bonds is 5. The van der Waals surface area contributed by atoms with Crippen LogP contribution in [-0.2, 0) is 9.53 Å². The van der Waals surface area contributed by atoms with Gasteiger partial charge in [0.2, 0.25) is 0 Å². The summed E-state index contributed by atoms with van der Waals surface area (Å²) >= 11 is 6.36. The molecule has 9 heteroatoms. The Bertz CT molecular complexity index is 990. The fourth-order valence-corrected chi connectivity index (χ4v) is 4.18. The third-order valence-electron chi connectivity index (χ3n) is 5.50. The number of methoxy groups -OCH3 is 1. The maximum atomic E-state index is 12.7. The molecule has 3 heterocycles. The van der Waals surface area contributed by atoms with E-state index in [1.54, 1.807) is 24.4 Å². The van der Waals surface area contributed by atoms with Crippen molar-refractivity contribution in [2.24, 2.45) is 0 Å². The first kappa shape index (κ1) is 21.1. The molecule has 8 nitrogen and oxygen atoms in total. The second-order valence-corrected chi connectivity index (χ2v) is 7.80. The zero-order chi connectivity index (χ0) is 21.8. The Morgan fingerprint density at radius 2 is 1.90 bits per heavy atom. The molecule has 1 aromatic carbocycles. The number of carbonyl (C=O) groups excluding carboxylic acids is 2. The van der Waals surface area contributed by atoms with E-state index >= 15 is 0 Å². The number of hydrogen-bond donors (Lipinski definition) is 2. The maximum absolute atomic E-state index is 12.7. The van der Waals surface area contributed by atoms with Crippen molar-refractivity contribution in [1.29, 1.82) is 0 Å². The molecule has 31 heavy (non-hydrogen) atoms. The van der Waals surface area contributed by atoms with E-state index in [0.717, 1.165) is 32.0 Å². The van der Waals surface area contributed by atoms with Crippen LogP contribution >= 0.6 is 11.6 Å². The van der Waals surface area contributed by atoms with Crippen molar-refractivity contribution in [3.63, 3.8) is 0 Å². The Labute approximate surface area is 185 Å². The highest BCUT2D eigenvalue weighted by atomic mass is 35.5. The molecule has 0 bridgehead atoms. The van der Waals surface area contributed by atoms with Crippen LogP contribution in [-0.4, -0.2) is 61.7 Å². The number of pyridine rings is 1. The SMILES string of the molecule is COC(=O)C1=C(CN2CCN(c3ccccn3)CC2)NC(=O)N[C@H]1c1ccccc1Cl. The van der Waals surface area contributed by atoms with E-state index in [4.69, 9.17) is 16.3 Å². The number of hydrogen-bond acceptors (Lipinski definition) is 6. The normalized spacial score (nSPS) is 19.6. The first-order chi connectivity index (χ1) is 15.1. The van der Waals surface area contributed by atoms with Crippen molar-refractivity contribution in [3.05, 3.63) is 70.5 Å². The number of amides is 2. The van der Waals surface area contributed by atoms with E-state index in [1.165, 1.54) is 7.11 Å². The van der Waals surface area contributed by atoms with Gasteiger partial charge in [0.05, 0.1) is 18.7 Å². The average molecular weight is 442 g/mol. The molecule has 1 saturated heterocycles. The van der Waals surface area contributed by atoms with Gasteiger partial charge >= 0.3 is 12.0 Å². The van der Waals surface area contributed by atoms with Gasteiger partial charge in [-0.15, -0.1) is 0 Å². The summed E-state index contributed by atoms with van der Waals surface area (Å²) in [5, 5.41) is 6.09. The molecule has 2 aliphatic rings. The molecule has 0 saturated carbocycles. The standard InChI is InChI=1S/C22H24ClN5O3/c1-31-21(29)19-17(25-22(30)26-20(19)15-6-2-3-7-16(15)23)14-27-10-12-28(13-11-27)18-8-4-5-9-24-18/h2-9,20H,10-14H2,1H3,(H2,25,26,30)/t20-/m0/s1. The zero-order valence-corrected chi connectivity index (χ0v) is 17.9. The highest BCUT2D eigenvalue weighted by molar-refractivity contribution is 6.31. The number of carbonyl (C=O) groups is 2. The molecule has 0 spiro atoms. The molecule has 1 atom stereocenters. The number of nitrogens with one attached hydrogen (secondary N) is 2. The van der Waals surface area contributed by atoms with Crippen molar-refractivity contribution in [3.8, 4) is 0 Å². The van der Waals surface area contributed by atoms with Crippen molar-refractivity contribution in [2.75, 3.05) is 44.7 Å². The highest BCUT2D eigenvalue weighted by Crippen LogP contribution is 2.32. The van der Waals surface area contributed by atoms with Gasteiger partial charge in [0, 0.05) is 49.6 Å². The number of nitrogens with zero attached hydrogens (tertiary/aromatic N) is 3. The van der Waals surface area contributed by atoms with E-state index in [0.29, 0.717) is 28.4 Å². The molecule has 2 N–H and O–H groups in total. The number of urea groups is 1. The van der Waals surface area contributed by atoms with Gasteiger partial charge in [0.1, 0.15) is 5.82 Å². The largest absolute Gasteiger partial charge is 0.466 e. The average Bonchev–Trinajstić information content (AvgIpc) is 2.80. The van der Waals surface area contributed by atoms with Gasteiger partial charge < -0.3 is 20.3 Å². The Balaban J connectivity index is 1.56. The molecule has 1 aromatic heterocycles. The molecule has 2 amide bonds. The molecule has 0 radical (unpaired) electrons. The van der Waals surface area contributed by atoms with Gasteiger partial charge in [0.15, 0.2) is 0 Å². The second kappa shape index (κ2) is 9.36. The van der Waals surface area contributed by atoms with Crippen LogP contribution in [0, 0.1) is 0 Å². The number of aromatic nitrogens is 1. The van der Waals surface area contributed by atoms with Crippen LogP contribution in [0.2, 0.25) is 5.02 Å². The zero-order valence-electron chi connectivity index (χ0n) is 17.2. The number of piperazine rings is 1. The van der Waals surface area contributed by atoms with E-state index in [1.807, 2.05) is 24.3 Å². The predicted molar refractivity (Wildman–Crippen MR) is 118 cm³/mol. The molecule has 4 rings (SSSR count). The van der Waals surface area contributed by atoms with Gasteiger partial charge in [-0.1, -0.05) is 35.9 Å². The lowest BCUT2D eigenvalue weighted by Crippen LogP contribution is -2.52. The van der Waals surface area contributed by atoms with Crippen LogP contribution in [0.4, 0.5) is 10.6 Å². The van der Waals surface area contributed by atoms with E-state index in [9.17, 15) is 9.59 Å². The summed E-state index contributed by atoms with van der Waals surface area (Å²) in [4.78, 5) is 34.0. The first-order valence-electron chi connectivity index (χ1n) is 10.1. The molecule has 1 fully saturated rings. The predicted octanol–water partition coefficient (Wildman–Crippen LogP) is 2.34. The molecular formula is C22H24ClN5O3. The highest BCUT2D eigenvalue weighted by Gasteiger charge is 2.35. The summed E-state index contributed by atoms with van der Waals surface area (Å²) in [7, 11) is 1.33. The van der Waals surface area contributed by atoms with E-state index < -0.39 is 12.0 Å². The Morgan fingerprint density at radius 1 is 1.16 bits per heavy atom. The number of ether oxygens (including phenoxy) is 1. The number of esters is 1. The van der Waals surface area contributed by atoms with Crippen LogP contribution < -0.4 is 15.5 Å². The maximum Gasteiger partial charge on any atom is 0.338 e. The van der Waals surface area contributed by atoms with Crippen molar-refractivity contribution >= 4 is 29.4 Å². The molecule has 0 aliphatic carbocycles.